The van der Waals surface area contributed by atoms with Gasteiger partial charge in [-0.15, -0.1) is 11.3 Å². The van der Waals surface area contributed by atoms with Gasteiger partial charge in [-0.2, -0.15) is 5.10 Å². The van der Waals surface area contributed by atoms with Crippen molar-refractivity contribution in [3.05, 3.63) is 82.5 Å². The molecule has 0 atom stereocenters. The molecule has 1 amide bonds. The average Bonchev–Trinajstić information content (AvgIpc) is 3.40. The molecule has 0 bridgehead atoms. The summed E-state index contributed by atoms with van der Waals surface area (Å²) < 4.78 is 26.6. The second-order valence-corrected chi connectivity index (χ2v) is 8.56. The molecule has 0 fully saturated rings. The highest BCUT2D eigenvalue weighted by Gasteiger charge is 2.19. The van der Waals surface area contributed by atoms with Crippen molar-refractivity contribution in [1.82, 2.24) is 20.1 Å². The molecular weight excluding hydrogens is 430 g/mol. The lowest BCUT2D eigenvalue weighted by Gasteiger charge is -2.16. The van der Waals surface area contributed by atoms with Crippen LogP contribution in [0.5, 0.6) is 0 Å². The van der Waals surface area contributed by atoms with Gasteiger partial charge in [-0.3, -0.25) is 9.89 Å². The summed E-state index contributed by atoms with van der Waals surface area (Å²) in [5.41, 5.74) is 3.79. The minimum absolute atomic E-state index is 0.0848. The zero-order valence-corrected chi connectivity index (χ0v) is 18.5. The van der Waals surface area contributed by atoms with Gasteiger partial charge in [-0.05, 0) is 62.2 Å². The molecule has 0 unspecified atom stereocenters. The first kappa shape index (κ1) is 21.8. The fourth-order valence-corrected chi connectivity index (χ4v) is 4.44. The number of aromatic nitrogens is 3. The summed E-state index contributed by atoms with van der Waals surface area (Å²) in [6.45, 7) is 2.37. The molecule has 8 heteroatoms. The SMILES string of the molecule is Cc1nc(-c2ccc(F)cc2)sc1C(=O)N(C)CCCc1cc(-c2cccc(F)c2)n[nH]1. The molecular formula is C24H22F2N4OS. The van der Waals surface area contributed by atoms with Crippen molar-refractivity contribution in [1.29, 1.82) is 0 Å². The molecule has 0 aliphatic rings. The number of carbonyl (C=O) groups is 1. The number of hydrogen-bond acceptors (Lipinski definition) is 4. The summed E-state index contributed by atoms with van der Waals surface area (Å²) in [7, 11) is 1.77. The number of carbonyl (C=O) groups excluding carboxylic acids is 1. The predicted octanol–water partition coefficient (Wildman–Crippen LogP) is 5.49. The lowest BCUT2D eigenvalue weighted by molar-refractivity contribution is 0.0797. The van der Waals surface area contributed by atoms with E-state index in [1.54, 1.807) is 30.1 Å². The molecule has 5 nitrogen and oxygen atoms in total. The summed E-state index contributed by atoms with van der Waals surface area (Å²) >= 11 is 1.32. The molecule has 2 aromatic carbocycles. The van der Waals surface area contributed by atoms with Crippen molar-refractivity contribution < 1.29 is 13.6 Å². The Kier molecular flexibility index (Phi) is 6.41. The number of hydrogen-bond donors (Lipinski definition) is 1. The number of benzene rings is 2. The van der Waals surface area contributed by atoms with Crippen LogP contribution in [0.1, 0.15) is 27.5 Å². The smallest absolute Gasteiger partial charge is 0.265 e. The number of H-pyrrole nitrogens is 1. The van der Waals surface area contributed by atoms with Crippen molar-refractivity contribution in [2.24, 2.45) is 0 Å². The van der Waals surface area contributed by atoms with Crippen LogP contribution in [0, 0.1) is 18.6 Å². The molecule has 164 valence electrons. The van der Waals surface area contributed by atoms with Gasteiger partial charge in [-0.1, -0.05) is 12.1 Å². The van der Waals surface area contributed by atoms with E-state index in [1.165, 1.54) is 35.6 Å². The topological polar surface area (TPSA) is 61.9 Å². The van der Waals surface area contributed by atoms with Gasteiger partial charge in [0.25, 0.3) is 5.91 Å². The molecule has 1 N–H and O–H groups in total. The second-order valence-electron chi connectivity index (χ2n) is 7.56. The van der Waals surface area contributed by atoms with Crippen LogP contribution in [0.2, 0.25) is 0 Å². The Labute approximate surface area is 188 Å². The van der Waals surface area contributed by atoms with Crippen molar-refractivity contribution in [3.63, 3.8) is 0 Å². The maximum Gasteiger partial charge on any atom is 0.265 e. The van der Waals surface area contributed by atoms with Crippen molar-refractivity contribution in [2.75, 3.05) is 13.6 Å². The Morgan fingerprint density at radius 1 is 1.06 bits per heavy atom. The van der Waals surface area contributed by atoms with Gasteiger partial charge in [0.05, 0.1) is 11.4 Å². The Hall–Kier alpha value is -3.39. The van der Waals surface area contributed by atoms with E-state index in [2.05, 4.69) is 15.2 Å². The fourth-order valence-electron chi connectivity index (χ4n) is 3.38. The van der Waals surface area contributed by atoms with Gasteiger partial charge >= 0.3 is 0 Å². The minimum Gasteiger partial charge on any atom is -0.341 e. The summed E-state index contributed by atoms with van der Waals surface area (Å²) in [5, 5.41) is 7.93. The first-order valence-corrected chi connectivity index (χ1v) is 11.0. The molecule has 2 aromatic heterocycles. The van der Waals surface area contributed by atoms with Crippen LogP contribution >= 0.6 is 11.3 Å². The molecule has 0 aliphatic heterocycles. The molecule has 4 aromatic rings. The third-order valence-corrected chi connectivity index (χ3v) is 6.31. The predicted molar refractivity (Wildman–Crippen MR) is 122 cm³/mol. The van der Waals surface area contributed by atoms with E-state index in [4.69, 9.17) is 0 Å². The number of nitrogens with zero attached hydrogens (tertiary/aromatic N) is 3. The van der Waals surface area contributed by atoms with Crippen molar-refractivity contribution >= 4 is 17.2 Å². The lowest BCUT2D eigenvalue weighted by Crippen LogP contribution is -2.27. The average molecular weight is 453 g/mol. The van der Waals surface area contributed by atoms with Gasteiger partial charge in [-0.25, -0.2) is 13.8 Å². The number of thiazole rings is 1. The summed E-state index contributed by atoms with van der Waals surface area (Å²) in [6, 6.07) is 14.3. The first-order valence-electron chi connectivity index (χ1n) is 10.2. The molecule has 0 spiro atoms. The Balaban J connectivity index is 1.35. The number of rotatable bonds is 7. The summed E-state index contributed by atoms with van der Waals surface area (Å²) in [6.07, 6.45) is 1.46. The molecule has 0 radical (unpaired) electrons. The molecule has 4 rings (SSSR count). The molecule has 0 saturated carbocycles. The van der Waals surface area contributed by atoms with Crippen LogP contribution in [0.3, 0.4) is 0 Å². The van der Waals surface area contributed by atoms with E-state index in [-0.39, 0.29) is 17.5 Å². The maximum atomic E-state index is 13.4. The second kappa shape index (κ2) is 9.40. The zero-order valence-electron chi connectivity index (χ0n) is 17.7. The van der Waals surface area contributed by atoms with E-state index in [0.29, 0.717) is 34.2 Å². The monoisotopic (exact) mass is 452 g/mol. The largest absolute Gasteiger partial charge is 0.341 e. The van der Waals surface area contributed by atoms with Gasteiger partial charge in [0.2, 0.25) is 0 Å². The standard InChI is InChI=1S/C24H22F2N4OS/c1-15-22(32-23(27-15)16-8-10-18(25)11-9-16)24(31)30(2)12-4-7-20-14-21(29-28-20)17-5-3-6-19(26)13-17/h3,5-6,8-11,13-14H,4,7,12H2,1-2H3,(H,28,29). The van der Waals surface area contributed by atoms with Gasteiger partial charge in [0.15, 0.2) is 0 Å². The summed E-state index contributed by atoms with van der Waals surface area (Å²) in [5.74, 6) is -0.690. The van der Waals surface area contributed by atoms with E-state index in [1.807, 2.05) is 19.1 Å². The van der Waals surface area contributed by atoms with Gasteiger partial charge in [0, 0.05) is 30.4 Å². The number of aromatic amines is 1. The number of aryl methyl sites for hydroxylation is 2. The highest BCUT2D eigenvalue weighted by atomic mass is 32.1. The normalized spacial score (nSPS) is 11.0. The quantitative estimate of drug-likeness (QED) is 0.403. The van der Waals surface area contributed by atoms with Crippen molar-refractivity contribution in [3.8, 4) is 21.8 Å². The Morgan fingerprint density at radius 2 is 1.84 bits per heavy atom. The molecule has 0 aliphatic carbocycles. The minimum atomic E-state index is -0.307. The third kappa shape index (κ3) is 4.91. The van der Waals surface area contributed by atoms with Crippen LogP contribution in [-0.4, -0.2) is 39.6 Å². The third-order valence-electron chi connectivity index (χ3n) is 5.12. The van der Waals surface area contributed by atoms with Crippen LogP contribution in [0.4, 0.5) is 8.78 Å². The van der Waals surface area contributed by atoms with E-state index < -0.39 is 0 Å². The first-order chi connectivity index (χ1) is 15.4. The Morgan fingerprint density at radius 3 is 2.59 bits per heavy atom. The fraction of sp³-hybridized carbons (Fsp3) is 0.208. The number of halogens is 2. The molecule has 32 heavy (non-hydrogen) atoms. The van der Waals surface area contributed by atoms with E-state index in [0.717, 1.165) is 23.2 Å². The highest BCUT2D eigenvalue weighted by molar-refractivity contribution is 7.17. The number of amides is 1. The Bertz CT molecular complexity index is 1230. The van der Waals surface area contributed by atoms with Crippen LogP contribution in [0.25, 0.3) is 21.8 Å². The van der Waals surface area contributed by atoms with Crippen LogP contribution < -0.4 is 0 Å². The summed E-state index contributed by atoms with van der Waals surface area (Å²) in [4.78, 5) is 19.7. The molecule has 2 heterocycles. The van der Waals surface area contributed by atoms with Crippen LogP contribution in [0.15, 0.2) is 54.6 Å². The van der Waals surface area contributed by atoms with Gasteiger partial charge < -0.3 is 4.90 Å². The highest BCUT2D eigenvalue weighted by Crippen LogP contribution is 2.29. The number of nitrogens with one attached hydrogen (secondary N) is 1. The van der Waals surface area contributed by atoms with Gasteiger partial charge in [0.1, 0.15) is 21.5 Å². The molecule has 0 saturated heterocycles. The van der Waals surface area contributed by atoms with Crippen LogP contribution in [-0.2, 0) is 6.42 Å². The van der Waals surface area contributed by atoms with Crippen molar-refractivity contribution in [2.45, 2.75) is 19.8 Å². The van der Waals surface area contributed by atoms with E-state index in [9.17, 15) is 13.6 Å². The zero-order chi connectivity index (χ0) is 22.7. The van der Waals surface area contributed by atoms with E-state index >= 15 is 0 Å². The lowest BCUT2D eigenvalue weighted by atomic mass is 10.1. The maximum absolute atomic E-state index is 13.4.